The fourth-order valence-corrected chi connectivity index (χ4v) is 2.09. The summed E-state index contributed by atoms with van der Waals surface area (Å²) in [5, 5.41) is 2.58. The summed E-state index contributed by atoms with van der Waals surface area (Å²) >= 11 is 0. The van der Waals surface area contributed by atoms with Gasteiger partial charge in [-0.1, -0.05) is 26.0 Å². The Morgan fingerprint density at radius 2 is 1.96 bits per heavy atom. The molecule has 0 radical (unpaired) electrons. The molecule has 1 amide bonds. The van der Waals surface area contributed by atoms with E-state index in [4.69, 9.17) is 4.74 Å². The average molecular weight is 314 g/mol. The Balaban J connectivity index is 2.11. The lowest BCUT2D eigenvalue weighted by Gasteiger charge is -2.17. The average Bonchev–Trinajstić information content (AvgIpc) is 2.51. The Bertz CT molecular complexity index is 750. The van der Waals surface area contributed by atoms with Gasteiger partial charge >= 0.3 is 0 Å². The molecule has 0 bridgehead atoms. The molecular formula is C18H22N2O3. The Labute approximate surface area is 135 Å². The number of hydrogen-bond donors (Lipinski definition) is 2. The summed E-state index contributed by atoms with van der Waals surface area (Å²) < 4.78 is 5.79. The van der Waals surface area contributed by atoms with Crippen LogP contribution in [0, 0.1) is 6.92 Å². The van der Waals surface area contributed by atoms with Gasteiger partial charge in [-0.05, 0) is 37.0 Å². The number of amides is 1. The summed E-state index contributed by atoms with van der Waals surface area (Å²) in [6.07, 6.45) is 2.26. The number of aromatic nitrogens is 1. The summed E-state index contributed by atoms with van der Waals surface area (Å²) in [6, 6.07) is 7.36. The highest BCUT2D eigenvalue weighted by atomic mass is 16.5. The maximum absolute atomic E-state index is 12.2. The van der Waals surface area contributed by atoms with Crippen molar-refractivity contribution in [2.24, 2.45) is 0 Å². The Morgan fingerprint density at radius 1 is 1.22 bits per heavy atom. The molecule has 1 heterocycles. The van der Waals surface area contributed by atoms with Crippen LogP contribution in [-0.4, -0.2) is 17.0 Å². The minimum absolute atomic E-state index is 0.209. The highest BCUT2D eigenvalue weighted by molar-refractivity contribution is 5.93. The van der Waals surface area contributed by atoms with E-state index in [1.165, 1.54) is 18.5 Å². The Hall–Kier alpha value is -2.56. The van der Waals surface area contributed by atoms with Crippen LogP contribution in [-0.2, 0) is 4.79 Å². The van der Waals surface area contributed by atoms with Crippen molar-refractivity contribution >= 4 is 11.6 Å². The first kappa shape index (κ1) is 16.8. The van der Waals surface area contributed by atoms with Crippen LogP contribution >= 0.6 is 0 Å². The molecule has 0 spiro atoms. The second kappa shape index (κ2) is 7.13. The van der Waals surface area contributed by atoms with Crippen LogP contribution in [0.5, 0.6) is 5.75 Å². The molecule has 5 nitrogen and oxygen atoms in total. The number of carbonyl (C=O) groups is 1. The van der Waals surface area contributed by atoms with Gasteiger partial charge in [0.15, 0.2) is 6.10 Å². The Morgan fingerprint density at radius 3 is 2.61 bits per heavy atom. The number of pyridine rings is 1. The van der Waals surface area contributed by atoms with Crippen LogP contribution in [0.15, 0.2) is 41.5 Å². The summed E-state index contributed by atoms with van der Waals surface area (Å²) in [5.41, 5.74) is 2.08. The molecule has 0 fully saturated rings. The first-order valence-electron chi connectivity index (χ1n) is 7.63. The van der Waals surface area contributed by atoms with E-state index in [0.717, 1.165) is 11.1 Å². The number of anilines is 1. The minimum Gasteiger partial charge on any atom is -0.481 e. The number of ether oxygens (including phenoxy) is 1. The standard InChI is InChI=1S/C18H22N2O3/c1-11(2)14-6-5-12(3)17(9-14)23-13(4)18(22)20-15-10-19-8-7-16(15)21/h5-11,13H,1-4H3,(H,19,21)(H,20,22). The number of aryl methyl sites for hydroxylation is 1. The van der Waals surface area contributed by atoms with Crippen molar-refractivity contribution in [1.82, 2.24) is 4.98 Å². The number of carbonyl (C=O) groups excluding carboxylic acids is 1. The summed E-state index contributed by atoms with van der Waals surface area (Å²) in [4.78, 5) is 26.6. The van der Waals surface area contributed by atoms with E-state index in [2.05, 4.69) is 30.2 Å². The molecular weight excluding hydrogens is 292 g/mol. The van der Waals surface area contributed by atoms with Crippen LogP contribution < -0.4 is 15.5 Å². The maximum atomic E-state index is 12.2. The quantitative estimate of drug-likeness (QED) is 0.890. The fraction of sp³-hybridized carbons (Fsp3) is 0.333. The Kier molecular flexibility index (Phi) is 5.21. The minimum atomic E-state index is -0.712. The van der Waals surface area contributed by atoms with Gasteiger partial charge in [-0.3, -0.25) is 9.59 Å². The summed E-state index contributed by atoms with van der Waals surface area (Å²) in [6.45, 7) is 7.80. The number of rotatable bonds is 5. The van der Waals surface area contributed by atoms with Gasteiger partial charge in [0.1, 0.15) is 11.4 Å². The SMILES string of the molecule is Cc1ccc(C(C)C)cc1OC(C)C(=O)Nc1c[nH]ccc1=O. The van der Waals surface area contributed by atoms with Gasteiger partial charge < -0.3 is 15.0 Å². The third-order valence-electron chi connectivity index (χ3n) is 3.63. The second-order valence-electron chi connectivity index (χ2n) is 5.85. The number of hydrogen-bond acceptors (Lipinski definition) is 3. The predicted molar refractivity (Wildman–Crippen MR) is 91.1 cm³/mol. The van der Waals surface area contributed by atoms with Crippen molar-refractivity contribution in [3.63, 3.8) is 0 Å². The molecule has 23 heavy (non-hydrogen) atoms. The van der Waals surface area contributed by atoms with Gasteiger partial charge in [-0.2, -0.15) is 0 Å². The maximum Gasteiger partial charge on any atom is 0.265 e. The molecule has 0 saturated carbocycles. The van der Waals surface area contributed by atoms with Crippen molar-refractivity contribution in [1.29, 1.82) is 0 Å². The van der Waals surface area contributed by atoms with Crippen molar-refractivity contribution in [2.45, 2.75) is 39.7 Å². The monoisotopic (exact) mass is 314 g/mol. The smallest absolute Gasteiger partial charge is 0.265 e. The highest BCUT2D eigenvalue weighted by Gasteiger charge is 2.17. The molecule has 0 aliphatic carbocycles. The molecule has 5 heteroatoms. The lowest BCUT2D eigenvalue weighted by molar-refractivity contribution is -0.122. The zero-order valence-electron chi connectivity index (χ0n) is 13.8. The van der Waals surface area contributed by atoms with E-state index < -0.39 is 6.10 Å². The zero-order chi connectivity index (χ0) is 17.0. The van der Waals surface area contributed by atoms with Crippen LogP contribution in [0.3, 0.4) is 0 Å². The molecule has 1 aromatic carbocycles. The van der Waals surface area contributed by atoms with Crippen LogP contribution in [0.1, 0.15) is 37.8 Å². The number of aromatic amines is 1. The van der Waals surface area contributed by atoms with E-state index in [-0.39, 0.29) is 17.0 Å². The summed E-state index contributed by atoms with van der Waals surface area (Å²) in [5.74, 6) is 0.696. The van der Waals surface area contributed by atoms with Gasteiger partial charge in [-0.15, -0.1) is 0 Å². The molecule has 1 atom stereocenters. The van der Waals surface area contributed by atoms with Gasteiger partial charge in [0.25, 0.3) is 5.91 Å². The first-order valence-corrected chi connectivity index (χ1v) is 7.63. The lowest BCUT2D eigenvalue weighted by Crippen LogP contribution is -2.32. The van der Waals surface area contributed by atoms with Crippen LogP contribution in [0.4, 0.5) is 5.69 Å². The second-order valence-corrected chi connectivity index (χ2v) is 5.85. The molecule has 0 aliphatic heterocycles. The molecule has 1 unspecified atom stereocenters. The van der Waals surface area contributed by atoms with E-state index >= 15 is 0 Å². The molecule has 122 valence electrons. The van der Waals surface area contributed by atoms with E-state index in [9.17, 15) is 9.59 Å². The van der Waals surface area contributed by atoms with Crippen molar-refractivity contribution in [3.8, 4) is 5.75 Å². The zero-order valence-corrected chi connectivity index (χ0v) is 13.8. The van der Waals surface area contributed by atoms with Crippen molar-refractivity contribution < 1.29 is 9.53 Å². The van der Waals surface area contributed by atoms with E-state index in [1.54, 1.807) is 6.92 Å². The van der Waals surface area contributed by atoms with Gasteiger partial charge in [0.05, 0.1) is 0 Å². The lowest BCUT2D eigenvalue weighted by atomic mass is 10.0. The molecule has 0 saturated heterocycles. The predicted octanol–water partition coefficient (Wildman–Crippen LogP) is 3.21. The molecule has 2 N–H and O–H groups in total. The number of nitrogens with one attached hydrogen (secondary N) is 2. The molecule has 2 aromatic rings. The third-order valence-corrected chi connectivity index (χ3v) is 3.63. The summed E-state index contributed by atoms with van der Waals surface area (Å²) in [7, 11) is 0. The molecule has 2 rings (SSSR count). The molecule has 1 aromatic heterocycles. The number of H-pyrrole nitrogens is 1. The first-order chi connectivity index (χ1) is 10.9. The fourth-order valence-electron chi connectivity index (χ4n) is 2.09. The van der Waals surface area contributed by atoms with Crippen molar-refractivity contribution in [2.75, 3.05) is 5.32 Å². The van der Waals surface area contributed by atoms with Crippen molar-refractivity contribution in [3.05, 3.63) is 58.0 Å². The van der Waals surface area contributed by atoms with Gasteiger partial charge in [0, 0.05) is 18.5 Å². The van der Waals surface area contributed by atoms with Crippen LogP contribution in [0.2, 0.25) is 0 Å². The third kappa shape index (κ3) is 4.22. The largest absolute Gasteiger partial charge is 0.481 e. The molecule has 0 aliphatic rings. The van der Waals surface area contributed by atoms with Crippen LogP contribution in [0.25, 0.3) is 0 Å². The normalized spacial score (nSPS) is 12.0. The highest BCUT2D eigenvalue weighted by Crippen LogP contribution is 2.25. The topological polar surface area (TPSA) is 71.2 Å². The van der Waals surface area contributed by atoms with Gasteiger partial charge in [0.2, 0.25) is 5.43 Å². The van der Waals surface area contributed by atoms with E-state index in [0.29, 0.717) is 11.7 Å². The van der Waals surface area contributed by atoms with Gasteiger partial charge in [-0.25, -0.2) is 0 Å². The number of benzene rings is 1. The van der Waals surface area contributed by atoms with E-state index in [1.807, 2.05) is 19.1 Å².